The maximum atomic E-state index is 13.5. The number of aliphatic hydroxyl groups is 1. The van der Waals surface area contributed by atoms with Crippen LogP contribution in [0, 0.1) is 11.2 Å². The summed E-state index contributed by atoms with van der Waals surface area (Å²) in [4.78, 5) is 26.0. The number of rotatable bonds is 5. The van der Waals surface area contributed by atoms with Crippen molar-refractivity contribution in [1.29, 1.82) is 0 Å². The normalized spacial score (nSPS) is 23.0. The molecular weight excluding hydrogens is 341 g/mol. The highest BCUT2D eigenvalue weighted by molar-refractivity contribution is 5.80. The summed E-state index contributed by atoms with van der Waals surface area (Å²) in [6, 6.07) is 7.33. The molecule has 1 aromatic carbocycles. The van der Waals surface area contributed by atoms with Crippen molar-refractivity contribution in [3.63, 3.8) is 0 Å². The van der Waals surface area contributed by atoms with Crippen LogP contribution >= 0.6 is 0 Å². The second kappa shape index (κ2) is 7.25. The van der Waals surface area contributed by atoms with Crippen molar-refractivity contribution in [2.24, 2.45) is 5.41 Å². The molecule has 1 saturated heterocycles. The van der Waals surface area contributed by atoms with Crippen molar-refractivity contribution in [3.8, 4) is 0 Å². The van der Waals surface area contributed by atoms with Crippen LogP contribution in [-0.4, -0.2) is 56.0 Å². The van der Waals surface area contributed by atoms with Crippen molar-refractivity contribution in [2.75, 3.05) is 13.1 Å². The number of nitrogens with zero attached hydrogens (tertiary/aromatic N) is 3. The number of amides is 1. The summed E-state index contributed by atoms with van der Waals surface area (Å²) in [5.41, 5.74) is -1.11. The molecule has 0 spiro atoms. The first-order valence-electron chi connectivity index (χ1n) is 8.32. The molecule has 1 aromatic heterocycles. The lowest BCUT2D eigenvalue weighted by Gasteiger charge is -2.43. The zero-order valence-electron chi connectivity index (χ0n) is 14.1. The molecule has 0 saturated carbocycles. The standard InChI is InChI=1S/C18H20FN3O4/c19-14-4-1-3-13(9-14)10-18(17(25)26)12-21(8-5-15(18)23)16(24)11-22-7-2-6-20-22/h1-4,6-7,9,15,23H,5,8,10-12H2,(H,25,26)/t15-,18+/m0/s1. The quantitative estimate of drug-likeness (QED) is 0.826. The highest BCUT2D eigenvalue weighted by Gasteiger charge is 2.50. The molecule has 0 aliphatic carbocycles. The summed E-state index contributed by atoms with van der Waals surface area (Å²) in [6.45, 7) is 0.123. The number of carboxylic acid groups (broad SMARTS) is 1. The number of hydrogen-bond donors (Lipinski definition) is 2. The van der Waals surface area contributed by atoms with Gasteiger partial charge in [-0.25, -0.2) is 4.39 Å². The molecule has 2 heterocycles. The maximum absolute atomic E-state index is 13.5. The first-order chi connectivity index (χ1) is 12.4. The molecule has 7 nitrogen and oxygen atoms in total. The van der Waals surface area contributed by atoms with E-state index < -0.39 is 23.3 Å². The molecule has 0 bridgehead atoms. The van der Waals surface area contributed by atoms with E-state index in [-0.39, 0.29) is 38.4 Å². The molecule has 1 amide bonds. The number of carboxylic acids is 1. The third kappa shape index (κ3) is 3.60. The largest absolute Gasteiger partial charge is 0.481 e. The fourth-order valence-corrected chi connectivity index (χ4v) is 3.40. The minimum atomic E-state index is -1.58. The Balaban J connectivity index is 1.82. The number of hydrogen-bond acceptors (Lipinski definition) is 4. The molecule has 8 heteroatoms. The van der Waals surface area contributed by atoms with Gasteiger partial charge < -0.3 is 15.1 Å². The summed E-state index contributed by atoms with van der Waals surface area (Å²) in [5.74, 6) is -1.95. The van der Waals surface area contributed by atoms with E-state index in [1.54, 1.807) is 24.5 Å². The number of carbonyl (C=O) groups is 2. The van der Waals surface area contributed by atoms with E-state index in [1.165, 1.54) is 27.8 Å². The average Bonchev–Trinajstić information content (AvgIpc) is 3.09. The maximum Gasteiger partial charge on any atom is 0.314 e. The zero-order chi connectivity index (χ0) is 18.7. The smallest absolute Gasteiger partial charge is 0.314 e. The molecular formula is C18H20FN3O4. The second-order valence-electron chi connectivity index (χ2n) is 6.59. The van der Waals surface area contributed by atoms with Crippen molar-refractivity contribution in [2.45, 2.75) is 25.5 Å². The summed E-state index contributed by atoms with van der Waals surface area (Å²) in [5, 5.41) is 24.3. The van der Waals surface area contributed by atoms with Crippen LogP contribution in [0.3, 0.4) is 0 Å². The zero-order valence-corrected chi connectivity index (χ0v) is 14.1. The molecule has 1 aliphatic heterocycles. The molecule has 3 rings (SSSR count). The van der Waals surface area contributed by atoms with Gasteiger partial charge in [0.2, 0.25) is 5.91 Å². The van der Waals surface area contributed by atoms with E-state index in [9.17, 15) is 24.2 Å². The van der Waals surface area contributed by atoms with Gasteiger partial charge in [0, 0.05) is 25.5 Å². The van der Waals surface area contributed by atoms with Crippen LogP contribution in [0.15, 0.2) is 42.7 Å². The summed E-state index contributed by atoms with van der Waals surface area (Å²) in [7, 11) is 0. The van der Waals surface area contributed by atoms with Gasteiger partial charge in [0.25, 0.3) is 0 Å². The van der Waals surface area contributed by atoms with Crippen LogP contribution < -0.4 is 0 Å². The Labute approximate surface area is 149 Å². The van der Waals surface area contributed by atoms with Gasteiger partial charge in [0.1, 0.15) is 17.8 Å². The lowest BCUT2D eigenvalue weighted by Crippen LogP contribution is -2.58. The number of aromatic nitrogens is 2. The minimum Gasteiger partial charge on any atom is -0.481 e. The number of aliphatic hydroxyl groups excluding tert-OH is 1. The monoisotopic (exact) mass is 361 g/mol. The lowest BCUT2D eigenvalue weighted by atomic mass is 9.73. The van der Waals surface area contributed by atoms with Crippen molar-refractivity contribution < 1.29 is 24.2 Å². The minimum absolute atomic E-state index is 0.00123. The molecule has 2 atom stereocenters. The number of carbonyl (C=O) groups excluding carboxylic acids is 1. The summed E-state index contributed by atoms with van der Waals surface area (Å²) < 4.78 is 14.9. The third-order valence-corrected chi connectivity index (χ3v) is 4.83. The van der Waals surface area contributed by atoms with Gasteiger partial charge >= 0.3 is 5.97 Å². The van der Waals surface area contributed by atoms with Crippen LogP contribution in [0.4, 0.5) is 4.39 Å². The first kappa shape index (κ1) is 18.1. The van der Waals surface area contributed by atoms with Crippen molar-refractivity contribution >= 4 is 11.9 Å². The van der Waals surface area contributed by atoms with E-state index in [2.05, 4.69) is 5.10 Å². The Bertz CT molecular complexity index is 795. The van der Waals surface area contributed by atoms with Crippen LogP contribution in [0.5, 0.6) is 0 Å². The van der Waals surface area contributed by atoms with E-state index in [1.807, 2.05) is 0 Å². The van der Waals surface area contributed by atoms with Crippen LogP contribution in [0.25, 0.3) is 0 Å². The fraction of sp³-hybridized carbons (Fsp3) is 0.389. The van der Waals surface area contributed by atoms with Gasteiger partial charge in [0.15, 0.2) is 0 Å². The number of likely N-dealkylation sites (tertiary alicyclic amines) is 1. The van der Waals surface area contributed by atoms with Gasteiger partial charge in [-0.05, 0) is 36.6 Å². The Kier molecular flexibility index (Phi) is 5.03. The van der Waals surface area contributed by atoms with E-state index >= 15 is 0 Å². The van der Waals surface area contributed by atoms with Crippen molar-refractivity contribution in [3.05, 3.63) is 54.1 Å². The Morgan fingerprint density at radius 2 is 2.15 bits per heavy atom. The topological polar surface area (TPSA) is 95.7 Å². The second-order valence-corrected chi connectivity index (χ2v) is 6.59. The van der Waals surface area contributed by atoms with Crippen LogP contribution in [-0.2, 0) is 22.6 Å². The number of halogens is 1. The Morgan fingerprint density at radius 3 is 2.81 bits per heavy atom. The highest BCUT2D eigenvalue weighted by atomic mass is 19.1. The summed E-state index contributed by atoms with van der Waals surface area (Å²) in [6.07, 6.45) is 2.16. The van der Waals surface area contributed by atoms with Crippen molar-refractivity contribution in [1.82, 2.24) is 14.7 Å². The van der Waals surface area contributed by atoms with Gasteiger partial charge in [-0.1, -0.05) is 12.1 Å². The Hall–Kier alpha value is -2.74. The molecule has 0 radical (unpaired) electrons. The Morgan fingerprint density at radius 1 is 1.35 bits per heavy atom. The predicted octanol–water partition coefficient (Wildman–Crippen LogP) is 0.929. The van der Waals surface area contributed by atoms with Gasteiger partial charge in [-0.2, -0.15) is 5.10 Å². The number of piperidine rings is 1. The molecule has 1 aliphatic rings. The van der Waals surface area contributed by atoms with Crippen LogP contribution in [0.1, 0.15) is 12.0 Å². The molecule has 26 heavy (non-hydrogen) atoms. The lowest BCUT2D eigenvalue weighted by molar-refractivity contribution is -0.166. The molecule has 2 aromatic rings. The average molecular weight is 361 g/mol. The van der Waals surface area contributed by atoms with E-state index in [4.69, 9.17) is 0 Å². The van der Waals surface area contributed by atoms with E-state index in [0.29, 0.717) is 5.56 Å². The van der Waals surface area contributed by atoms with Gasteiger partial charge in [-0.15, -0.1) is 0 Å². The highest BCUT2D eigenvalue weighted by Crippen LogP contribution is 2.35. The third-order valence-electron chi connectivity index (χ3n) is 4.83. The summed E-state index contributed by atoms with van der Waals surface area (Å²) >= 11 is 0. The molecule has 138 valence electrons. The SMILES string of the molecule is O=C(Cn1cccn1)N1CC[C@H](O)[C@](Cc2cccc(F)c2)(C(=O)O)C1. The predicted molar refractivity (Wildman–Crippen MR) is 89.6 cm³/mol. The van der Waals surface area contributed by atoms with E-state index in [0.717, 1.165) is 0 Å². The molecule has 1 fully saturated rings. The van der Waals surface area contributed by atoms with Gasteiger partial charge in [-0.3, -0.25) is 14.3 Å². The first-order valence-corrected chi connectivity index (χ1v) is 8.32. The molecule has 0 unspecified atom stereocenters. The fourth-order valence-electron chi connectivity index (χ4n) is 3.40. The molecule has 2 N–H and O–H groups in total. The number of benzene rings is 1. The van der Waals surface area contributed by atoms with Gasteiger partial charge in [0.05, 0.1) is 6.10 Å². The number of aliphatic carboxylic acids is 1. The van der Waals surface area contributed by atoms with Crippen LogP contribution in [0.2, 0.25) is 0 Å².